The van der Waals surface area contributed by atoms with Gasteiger partial charge in [-0.2, -0.15) is 0 Å². The Balaban J connectivity index is 2.23. The first kappa shape index (κ1) is 27.9. The lowest BCUT2D eigenvalue weighted by molar-refractivity contribution is 1.01. The number of fused-ring (bicyclic) bond motifs is 3. The highest BCUT2D eigenvalue weighted by molar-refractivity contribution is 7.76. The average molecular weight is 575 g/mol. The zero-order chi connectivity index (χ0) is 27.2. The predicted octanol–water partition coefficient (Wildman–Crippen LogP) is 7.88. The van der Waals surface area contributed by atoms with E-state index in [4.69, 9.17) is 6.42 Å². The Hall–Kier alpha value is -1.14. The van der Waals surface area contributed by atoms with E-state index in [0.717, 1.165) is 15.9 Å². The molecule has 3 fully saturated rings. The molecule has 0 aromatic heterocycles. The maximum atomic E-state index is 6.22. The Morgan fingerprint density at radius 2 is 1.08 bits per heavy atom. The van der Waals surface area contributed by atoms with Crippen molar-refractivity contribution in [2.75, 3.05) is 0 Å². The summed E-state index contributed by atoms with van der Waals surface area (Å²) in [5.74, 6) is 10.4. The van der Waals surface area contributed by atoms with Crippen molar-refractivity contribution in [1.82, 2.24) is 0 Å². The van der Waals surface area contributed by atoms with Crippen molar-refractivity contribution in [3.8, 4) is 24.2 Å². The van der Waals surface area contributed by atoms with Gasteiger partial charge in [-0.15, -0.1) is 6.42 Å². The minimum absolute atomic E-state index is 0.399. The van der Waals surface area contributed by atoms with Crippen molar-refractivity contribution >= 4 is 45.5 Å². The van der Waals surface area contributed by atoms with E-state index in [2.05, 4.69) is 145 Å². The number of hydrogen-bond acceptors (Lipinski definition) is 0. The maximum Gasteiger partial charge on any atom is 0.0462 e. The molecule has 190 valence electrons. The fourth-order valence-electron chi connectivity index (χ4n) is 10.4. The van der Waals surface area contributed by atoms with Gasteiger partial charge < -0.3 is 0 Å². The van der Waals surface area contributed by atoms with Gasteiger partial charge in [0.15, 0.2) is 0 Å². The van der Waals surface area contributed by atoms with Crippen LogP contribution in [0.5, 0.6) is 0 Å². The van der Waals surface area contributed by atoms with Gasteiger partial charge in [0, 0.05) is 62.2 Å². The van der Waals surface area contributed by atoms with Crippen LogP contribution in [0.15, 0.2) is 48.5 Å². The highest BCUT2D eigenvalue weighted by Crippen LogP contribution is 2.71. The smallest absolute Gasteiger partial charge is 0.0462 e. The van der Waals surface area contributed by atoms with E-state index < -0.39 is 45.5 Å². The van der Waals surface area contributed by atoms with Crippen LogP contribution in [0, 0.1) is 24.2 Å². The second-order valence-electron chi connectivity index (χ2n) is 14.7. The standard InChI is InChI=1S/C30H46Si6/c1-14-26-21-18-22-28(27(26)24-23-25-19-16-15-17-20-25)30-34(8,9)31(2,3)29(32(4,5)35(30,10)11)33(6,7)36(30,12)13/h1,15-22,29H,2-13H3. The first-order valence-electron chi connectivity index (χ1n) is 13.6. The van der Waals surface area contributed by atoms with Crippen molar-refractivity contribution in [3.63, 3.8) is 0 Å². The second kappa shape index (κ2) is 8.18. The topological polar surface area (TPSA) is 0 Å². The van der Waals surface area contributed by atoms with Crippen molar-refractivity contribution < 1.29 is 0 Å². The Labute approximate surface area is 227 Å². The third-order valence-corrected chi connectivity index (χ3v) is 102. The molecule has 3 aliphatic heterocycles. The monoisotopic (exact) mass is 574 g/mol. The lowest BCUT2D eigenvalue weighted by Gasteiger charge is -2.85. The molecule has 2 bridgehead atoms. The molecule has 5 rings (SSSR count). The molecule has 0 saturated carbocycles. The van der Waals surface area contributed by atoms with Crippen LogP contribution in [0.1, 0.15) is 22.3 Å². The van der Waals surface area contributed by atoms with Crippen molar-refractivity contribution in [2.24, 2.45) is 0 Å². The van der Waals surface area contributed by atoms with E-state index in [-0.39, 0.29) is 0 Å². The fraction of sp³-hybridized carbons (Fsp3) is 0.467. The van der Waals surface area contributed by atoms with Gasteiger partial charge in [0.2, 0.25) is 0 Å². The summed E-state index contributed by atoms with van der Waals surface area (Å²) < 4.78 is 0.399. The molecule has 0 unspecified atom stereocenters. The normalized spacial score (nSPS) is 29.5. The molecule has 0 aliphatic carbocycles. The van der Waals surface area contributed by atoms with Crippen LogP contribution in [0.2, 0.25) is 83.4 Å². The Morgan fingerprint density at radius 3 is 1.53 bits per heavy atom. The molecule has 3 aliphatic rings. The van der Waals surface area contributed by atoms with Gasteiger partial charge in [-0.05, 0) is 28.0 Å². The van der Waals surface area contributed by atoms with E-state index in [1.54, 1.807) is 5.56 Å². The van der Waals surface area contributed by atoms with E-state index in [9.17, 15) is 0 Å². The fourth-order valence-corrected chi connectivity index (χ4v) is 155. The van der Waals surface area contributed by atoms with Gasteiger partial charge in [0.25, 0.3) is 0 Å². The summed E-state index contributed by atoms with van der Waals surface area (Å²) in [6.45, 7) is 34.1. The third kappa shape index (κ3) is 2.98. The van der Waals surface area contributed by atoms with Crippen LogP contribution in [-0.2, 0) is 4.28 Å². The Bertz CT molecular complexity index is 1240. The largest absolute Gasteiger partial charge is 0.115 e. The van der Waals surface area contributed by atoms with Crippen LogP contribution in [0.3, 0.4) is 0 Å². The minimum atomic E-state index is -1.72. The first-order valence-corrected chi connectivity index (χ1v) is 34.8. The quantitative estimate of drug-likeness (QED) is 0.240. The highest BCUT2D eigenvalue weighted by atomic mass is 29.4. The molecule has 0 radical (unpaired) electrons. The average Bonchev–Trinajstić information content (AvgIpc) is 2.76. The summed E-state index contributed by atoms with van der Waals surface area (Å²) in [5, 5.41) is 0. The first-order chi connectivity index (χ1) is 16.4. The third-order valence-electron chi connectivity index (χ3n) is 12.5. The van der Waals surface area contributed by atoms with E-state index in [1.165, 1.54) is 5.56 Å². The Kier molecular flexibility index (Phi) is 6.34. The molecule has 2 aromatic carbocycles. The molecular weight excluding hydrogens is 529 g/mol. The SMILES string of the molecule is C#Cc1cccc(C23[Si](C)(C)[Si](C)(C)C([Si](C)(C)[Si]2(C)C)[Si](C)(C)[Si]3(C)C)c1C#Cc1ccccc1. The molecule has 3 saturated heterocycles. The van der Waals surface area contributed by atoms with Crippen molar-refractivity contribution in [1.29, 1.82) is 0 Å². The van der Waals surface area contributed by atoms with Crippen LogP contribution < -0.4 is 0 Å². The van der Waals surface area contributed by atoms with Gasteiger partial charge in [-0.1, -0.05) is 131 Å². The summed E-state index contributed by atoms with van der Waals surface area (Å²) in [7, 11) is -9.67. The lowest BCUT2D eigenvalue weighted by atomic mass is 10.0. The van der Waals surface area contributed by atoms with Gasteiger partial charge in [-0.3, -0.25) is 0 Å². The lowest BCUT2D eigenvalue weighted by Crippen LogP contribution is -3.04. The maximum absolute atomic E-state index is 6.22. The minimum Gasteiger partial charge on any atom is -0.115 e. The van der Waals surface area contributed by atoms with Crippen LogP contribution in [0.4, 0.5) is 0 Å². The molecule has 0 atom stereocenters. The summed E-state index contributed by atoms with van der Waals surface area (Å²) in [4.78, 5) is 1.14. The van der Waals surface area contributed by atoms with E-state index >= 15 is 0 Å². The number of rotatable bonds is 1. The molecular formula is C30H46Si6. The Morgan fingerprint density at radius 1 is 0.611 bits per heavy atom. The summed E-state index contributed by atoms with van der Waals surface area (Å²) in [6.07, 6.45) is 6.22. The predicted molar refractivity (Wildman–Crippen MR) is 177 cm³/mol. The summed E-state index contributed by atoms with van der Waals surface area (Å²) in [5.41, 5.74) is 4.90. The van der Waals surface area contributed by atoms with Gasteiger partial charge in [0.1, 0.15) is 0 Å². The van der Waals surface area contributed by atoms with Crippen LogP contribution in [0.25, 0.3) is 0 Å². The summed E-state index contributed by atoms with van der Waals surface area (Å²) in [6, 6.07) is 17.4. The van der Waals surface area contributed by atoms with Crippen LogP contribution in [-0.4, -0.2) is 45.5 Å². The molecule has 0 amide bonds. The zero-order valence-corrected chi connectivity index (χ0v) is 30.8. The zero-order valence-electron chi connectivity index (χ0n) is 24.8. The highest BCUT2D eigenvalue weighted by Gasteiger charge is 2.87. The van der Waals surface area contributed by atoms with Crippen LogP contribution >= 0.6 is 0 Å². The molecule has 2 aromatic rings. The van der Waals surface area contributed by atoms with Gasteiger partial charge in [0.05, 0.1) is 0 Å². The molecule has 3 heterocycles. The number of benzene rings is 2. The van der Waals surface area contributed by atoms with Gasteiger partial charge in [-0.25, -0.2) is 0 Å². The molecule has 36 heavy (non-hydrogen) atoms. The van der Waals surface area contributed by atoms with Crippen molar-refractivity contribution in [3.05, 3.63) is 70.8 Å². The molecule has 0 nitrogen and oxygen atoms in total. The van der Waals surface area contributed by atoms with Gasteiger partial charge >= 0.3 is 0 Å². The van der Waals surface area contributed by atoms with E-state index in [1.807, 2.05) is 0 Å². The molecule has 0 spiro atoms. The molecule has 6 heteroatoms. The van der Waals surface area contributed by atoms with E-state index in [0.29, 0.717) is 4.28 Å². The number of hydrogen-bond donors (Lipinski definition) is 0. The van der Waals surface area contributed by atoms with Crippen molar-refractivity contribution in [2.45, 2.75) is 87.6 Å². The summed E-state index contributed by atoms with van der Waals surface area (Å²) >= 11 is 0. The second-order valence-corrected chi connectivity index (χ2v) is 64.9. The number of terminal acetylenes is 1. The molecule has 0 N–H and O–H groups in total.